The van der Waals surface area contributed by atoms with E-state index in [1.807, 2.05) is 6.07 Å². The molecule has 2 amide bonds. The minimum atomic E-state index is -0.0409. The first-order chi connectivity index (χ1) is 8.20. The van der Waals surface area contributed by atoms with Gasteiger partial charge in [-0.15, -0.1) is 0 Å². The minimum Gasteiger partial charge on any atom is -0.278 e. The van der Waals surface area contributed by atoms with Crippen LogP contribution in [0.2, 0.25) is 0 Å². The Morgan fingerprint density at radius 2 is 1.76 bits per heavy atom. The predicted octanol–water partition coefficient (Wildman–Crippen LogP) is 1.06. The molecule has 2 fully saturated rings. The zero-order valence-electron chi connectivity index (χ0n) is 9.09. The van der Waals surface area contributed by atoms with Crippen molar-refractivity contribution in [3.8, 4) is 6.07 Å². The van der Waals surface area contributed by atoms with Gasteiger partial charge in [0.1, 0.15) is 0 Å². The Labute approximate surface area is 98.4 Å². The van der Waals surface area contributed by atoms with Gasteiger partial charge >= 0.3 is 0 Å². The van der Waals surface area contributed by atoms with Gasteiger partial charge in [-0.25, -0.2) is 0 Å². The van der Waals surface area contributed by atoms with Gasteiger partial charge in [0.2, 0.25) is 11.8 Å². The summed E-state index contributed by atoms with van der Waals surface area (Å²) in [5, 5.41) is 8.67. The Kier molecular flexibility index (Phi) is 2.02. The van der Waals surface area contributed by atoms with Gasteiger partial charge in [-0.05, 0) is 24.1 Å². The van der Waals surface area contributed by atoms with E-state index in [0.717, 1.165) is 12.0 Å². The number of likely N-dealkylation sites (tertiary alicyclic amines) is 1. The SMILES string of the molecule is N#Cc1ccc(CN2C(=O)C3CC3C2=O)cc1. The summed E-state index contributed by atoms with van der Waals surface area (Å²) >= 11 is 0. The molecular weight excluding hydrogens is 216 g/mol. The first-order valence-corrected chi connectivity index (χ1v) is 5.55. The second-order valence-corrected chi connectivity index (χ2v) is 4.52. The smallest absolute Gasteiger partial charge is 0.233 e. The molecule has 1 saturated carbocycles. The van der Waals surface area contributed by atoms with Crippen molar-refractivity contribution in [2.75, 3.05) is 0 Å². The maximum absolute atomic E-state index is 11.7. The van der Waals surface area contributed by atoms with Crippen LogP contribution in [-0.4, -0.2) is 16.7 Å². The van der Waals surface area contributed by atoms with Crippen LogP contribution in [0.25, 0.3) is 0 Å². The number of nitriles is 1. The number of hydrogen-bond donors (Lipinski definition) is 0. The van der Waals surface area contributed by atoms with Crippen molar-refractivity contribution in [1.82, 2.24) is 4.90 Å². The lowest BCUT2D eigenvalue weighted by Crippen LogP contribution is -2.32. The van der Waals surface area contributed by atoms with Crippen molar-refractivity contribution in [3.63, 3.8) is 0 Å². The number of hydrogen-bond acceptors (Lipinski definition) is 3. The normalized spacial score (nSPS) is 25.7. The fraction of sp³-hybridized carbons (Fsp3) is 0.308. The third kappa shape index (κ3) is 1.51. The molecule has 1 aliphatic heterocycles. The van der Waals surface area contributed by atoms with Gasteiger partial charge < -0.3 is 0 Å². The number of carbonyl (C=O) groups is 2. The van der Waals surface area contributed by atoms with Gasteiger partial charge in [-0.3, -0.25) is 14.5 Å². The molecule has 2 aliphatic rings. The summed E-state index contributed by atoms with van der Waals surface area (Å²) in [5.74, 6) is -0.157. The molecule has 1 heterocycles. The number of piperidine rings is 1. The number of fused-ring (bicyclic) bond motifs is 1. The number of carbonyl (C=O) groups excluding carboxylic acids is 2. The van der Waals surface area contributed by atoms with E-state index >= 15 is 0 Å². The molecule has 2 atom stereocenters. The Bertz CT molecular complexity index is 522. The average Bonchev–Trinajstić information content (AvgIpc) is 3.11. The van der Waals surface area contributed by atoms with Crippen molar-refractivity contribution in [2.24, 2.45) is 11.8 Å². The van der Waals surface area contributed by atoms with E-state index in [2.05, 4.69) is 0 Å². The van der Waals surface area contributed by atoms with Crippen LogP contribution in [0.5, 0.6) is 0 Å². The van der Waals surface area contributed by atoms with Crippen molar-refractivity contribution in [1.29, 1.82) is 5.26 Å². The summed E-state index contributed by atoms with van der Waals surface area (Å²) < 4.78 is 0. The second-order valence-electron chi connectivity index (χ2n) is 4.52. The van der Waals surface area contributed by atoms with Crippen molar-refractivity contribution < 1.29 is 9.59 Å². The zero-order valence-corrected chi connectivity index (χ0v) is 9.09. The Hall–Kier alpha value is -2.15. The molecule has 4 heteroatoms. The highest BCUT2D eigenvalue weighted by molar-refractivity contribution is 6.08. The van der Waals surface area contributed by atoms with Gasteiger partial charge in [-0.2, -0.15) is 5.26 Å². The molecule has 1 aromatic rings. The van der Waals surface area contributed by atoms with E-state index in [9.17, 15) is 9.59 Å². The molecule has 1 saturated heterocycles. The van der Waals surface area contributed by atoms with Crippen LogP contribution in [-0.2, 0) is 16.1 Å². The Balaban J connectivity index is 1.77. The van der Waals surface area contributed by atoms with Crippen LogP contribution in [0.15, 0.2) is 24.3 Å². The third-order valence-electron chi connectivity index (χ3n) is 3.38. The molecule has 0 spiro atoms. The quantitative estimate of drug-likeness (QED) is 0.708. The predicted molar refractivity (Wildman–Crippen MR) is 58.3 cm³/mol. The third-order valence-corrected chi connectivity index (χ3v) is 3.38. The molecule has 2 unspecified atom stereocenters. The molecule has 1 aliphatic carbocycles. The Morgan fingerprint density at radius 3 is 2.29 bits per heavy atom. The lowest BCUT2D eigenvalue weighted by molar-refractivity contribution is -0.142. The maximum Gasteiger partial charge on any atom is 0.233 e. The van der Waals surface area contributed by atoms with Crippen LogP contribution in [0, 0.1) is 23.2 Å². The number of amides is 2. The van der Waals surface area contributed by atoms with Crippen LogP contribution in [0.4, 0.5) is 0 Å². The van der Waals surface area contributed by atoms with E-state index in [1.165, 1.54) is 4.90 Å². The van der Waals surface area contributed by atoms with Gasteiger partial charge in [0.25, 0.3) is 0 Å². The molecule has 17 heavy (non-hydrogen) atoms. The van der Waals surface area contributed by atoms with E-state index < -0.39 is 0 Å². The Morgan fingerprint density at radius 1 is 1.18 bits per heavy atom. The summed E-state index contributed by atoms with van der Waals surface area (Å²) in [6.07, 6.45) is 0.738. The van der Waals surface area contributed by atoms with Gasteiger partial charge in [0.05, 0.1) is 30.0 Å². The van der Waals surface area contributed by atoms with E-state index in [1.54, 1.807) is 24.3 Å². The van der Waals surface area contributed by atoms with Crippen LogP contribution < -0.4 is 0 Å². The topological polar surface area (TPSA) is 61.2 Å². The van der Waals surface area contributed by atoms with E-state index in [4.69, 9.17) is 5.26 Å². The molecule has 4 nitrogen and oxygen atoms in total. The first-order valence-electron chi connectivity index (χ1n) is 5.55. The lowest BCUT2D eigenvalue weighted by Gasteiger charge is -2.16. The highest BCUT2D eigenvalue weighted by Gasteiger charge is 2.58. The lowest BCUT2D eigenvalue weighted by atomic mass is 10.1. The van der Waals surface area contributed by atoms with Crippen LogP contribution in [0.3, 0.4) is 0 Å². The van der Waals surface area contributed by atoms with Crippen LogP contribution >= 0.6 is 0 Å². The standard InChI is InChI=1S/C13H10N2O2/c14-6-8-1-3-9(4-2-8)7-15-12(16)10-5-11(10)13(15)17/h1-4,10-11H,5,7H2. The fourth-order valence-electron chi connectivity index (χ4n) is 2.27. The second kappa shape index (κ2) is 3.42. The molecular formula is C13H10N2O2. The molecule has 3 rings (SSSR count). The van der Waals surface area contributed by atoms with Crippen LogP contribution in [0.1, 0.15) is 17.5 Å². The number of rotatable bonds is 2. The number of nitrogens with zero attached hydrogens (tertiary/aromatic N) is 2. The fourth-order valence-corrected chi connectivity index (χ4v) is 2.27. The molecule has 0 N–H and O–H groups in total. The monoisotopic (exact) mass is 226 g/mol. The molecule has 84 valence electrons. The first kappa shape index (κ1) is 10.0. The van der Waals surface area contributed by atoms with Gasteiger partial charge in [0, 0.05) is 0 Å². The summed E-state index contributed by atoms with van der Waals surface area (Å²) in [6.45, 7) is 0.330. The number of imide groups is 1. The van der Waals surface area contributed by atoms with Crippen molar-refractivity contribution in [3.05, 3.63) is 35.4 Å². The summed E-state index contributed by atoms with van der Waals surface area (Å²) in [4.78, 5) is 24.8. The minimum absolute atomic E-state index is 0.0376. The molecule has 0 aromatic heterocycles. The maximum atomic E-state index is 11.7. The number of benzene rings is 1. The summed E-state index contributed by atoms with van der Waals surface area (Å²) in [7, 11) is 0. The molecule has 0 bridgehead atoms. The molecule has 1 aromatic carbocycles. The van der Waals surface area contributed by atoms with E-state index in [-0.39, 0.29) is 23.7 Å². The van der Waals surface area contributed by atoms with Gasteiger partial charge in [-0.1, -0.05) is 12.1 Å². The summed E-state index contributed by atoms with van der Waals surface area (Å²) in [6, 6.07) is 8.98. The zero-order chi connectivity index (χ0) is 12.0. The van der Waals surface area contributed by atoms with Gasteiger partial charge in [0.15, 0.2) is 0 Å². The largest absolute Gasteiger partial charge is 0.278 e. The molecule has 0 radical (unpaired) electrons. The van der Waals surface area contributed by atoms with Crippen molar-refractivity contribution >= 4 is 11.8 Å². The highest BCUT2D eigenvalue weighted by atomic mass is 16.2. The average molecular weight is 226 g/mol. The highest BCUT2D eigenvalue weighted by Crippen LogP contribution is 2.47. The van der Waals surface area contributed by atoms with E-state index in [0.29, 0.717) is 12.1 Å². The van der Waals surface area contributed by atoms with Crippen molar-refractivity contribution in [2.45, 2.75) is 13.0 Å². The summed E-state index contributed by atoms with van der Waals surface area (Å²) in [5.41, 5.74) is 1.46.